The Balaban J connectivity index is 1.84. The first kappa shape index (κ1) is 24.9. The largest absolute Gasteiger partial charge is 0.479 e. The first-order valence-corrected chi connectivity index (χ1v) is 12.3. The van der Waals surface area contributed by atoms with Crippen LogP contribution in [0, 0.1) is 11.3 Å². The van der Waals surface area contributed by atoms with E-state index >= 15 is 0 Å². The van der Waals surface area contributed by atoms with Crippen LogP contribution in [-0.4, -0.2) is 24.6 Å². The number of halogens is 2. The van der Waals surface area contributed by atoms with E-state index in [1.165, 1.54) is 11.3 Å². The van der Waals surface area contributed by atoms with E-state index in [0.717, 1.165) is 29.7 Å². The van der Waals surface area contributed by atoms with Gasteiger partial charge in [0, 0.05) is 9.90 Å². The highest BCUT2D eigenvalue weighted by molar-refractivity contribution is 7.17. The van der Waals surface area contributed by atoms with Crippen LogP contribution in [0.5, 0.6) is 5.75 Å². The van der Waals surface area contributed by atoms with Gasteiger partial charge in [0.1, 0.15) is 10.8 Å². The number of thiophene rings is 1. The molecule has 1 N–H and O–H groups in total. The summed E-state index contributed by atoms with van der Waals surface area (Å²) in [6, 6.07) is 4.82. The summed E-state index contributed by atoms with van der Waals surface area (Å²) < 4.78 is 11.0. The predicted octanol–water partition coefficient (Wildman–Crippen LogP) is 6.79. The van der Waals surface area contributed by atoms with Crippen molar-refractivity contribution in [2.24, 2.45) is 11.3 Å². The molecule has 0 spiro atoms. The van der Waals surface area contributed by atoms with Crippen molar-refractivity contribution in [3.8, 4) is 5.75 Å². The molecule has 0 saturated carbocycles. The Morgan fingerprint density at radius 3 is 2.62 bits per heavy atom. The zero-order valence-corrected chi connectivity index (χ0v) is 21.3. The van der Waals surface area contributed by atoms with Crippen LogP contribution in [0.2, 0.25) is 10.0 Å². The third-order valence-corrected chi connectivity index (χ3v) is 7.47. The van der Waals surface area contributed by atoms with Gasteiger partial charge in [0.05, 0.1) is 17.2 Å². The Bertz CT molecular complexity index is 1010. The lowest BCUT2D eigenvalue weighted by molar-refractivity contribution is -0.122. The summed E-state index contributed by atoms with van der Waals surface area (Å²) >= 11 is 13.5. The van der Waals surface area contributed by atoms with Crippen LogP contribution in [-0.2, 0) is 22.4 Å². The average Bonchev–Trinajstić information content (AvgIpc) is 3.06. The van der Waals surface area contributed by atoms with Gasteiger partial charge in [0.15, 0.2) is 6.10 Å². The SMILES string of the molecule is CCOC(=O)c1c(NC(=O)[C@H](C)Oc2ccc(Cl)cc2Cl)sc2c1CC[C@H](C(C)(C)C)C2. The second kappa shape index (κ2) is 10.0. The van der Waals surface area contributed by atoms with Crippen LogP contribution < -0.4 is 10.1 Å². The van der Waals surface area contributed by atoms with Crippen molar-refractivity contribution < 1.29 is 19.1 Å². The van der Waals surface area contributed by atoms with Crippen LogP contribution in [0.25, 0.3) is 0 Å². The number of hydrogen-bond donors (Lipinski definition) is 1. The molecule has 1 heterocycles. The van der Waals surface area contributed by atoms with Crippen LogP contribution in [0.4, 0.5) is 5.00 Å². The monoisotopic (exact) mass is 497 g/mol. The topological polar surface area (TPSA) is 64.6 Å². The molecule has 0 aliphatic heterocycles. The zero-order chi connectivity index (χ0) is 23.6. The Labute approximate surface area is 203 Å². The fourth-order valence-corrected chi connectivity index (χ4v) is 5.63. The number of carbonyl (C=O) groups excluding carboxylic acids is 2. The van der Waals surface area contributed by atoms with E-state index < -0.39 is 12.1 Å². The van der Waals surface area contributed by atoms with Crippen molar-refractivity contribution in [1.29, 1.82) is 0 Å². The minimum Gasteiger partial charge on any atom is -0.479 e. The van der Waals surface area contributed by atoms with Gasteiger partial charge >= 0.3 is 5.97 Å². The van der Waals surface area contributed by atoms with Crippen molar-refractivity contribution in [2.75, 3.05) is 11.9 Å². The molecule has 3 rings (SSSR count). The number of carbonyl (C=O) groups is 2. The quantitative estimate of drug-likeness (QED) is 0.446. The molecule has 1 aliphatic rings. The van der Waals surface area contributed by atoms with Crippen molar-refractivity contribution in [3.63, 3.8) is 0 Å². The van der Waals surface area contributed by atoms with E-state index in [9.17, 15) is 9.59 Å². The van der Waals surface area contributed by atoms with Crippen molar-refractivity contribution in [2.45, 2.75) is 60.0 Å². The Hall–Kier alpha value is -1.76. The van der Waals surface area contributed by atoms with Gasteiger partial charge < -0.3 is 14.8 Å². The number of anilines is 1. The molecule has 1 aromatic carbocycles. The summed E-state index contributed by atoms with van der Waals surface area (Å²) in [5.74, 6) is 0.112. The van der Waals surface area contributed by atoms with Gasteiger partial charge in [-0.2, -0.15) is 0 Å². The van der Waals surface area contributed by atoms with Gasteiger partial charge in [-0.05, 0) is 68.2 Å². The number of hydrogen-bond acceptors (Lipinski definition) is 5. The van der Waals surface area contributed by atoms with Crippen molar-refractivity contribution >= 4 is 51.4 Å². The molecule has 174 valence electrons. The summed E-state index contributed by atoms with van der Waals surface area (Å²) in [6.45, 7) is 10.4. The molecule has 0 fully saturated rings. The molecule has 0 unspecified atom stereocenters. The molecule has 0 radical (unpaired) electrons. The number of rotatable bonds is 6. The van der Waals surface area contributed by atoms with Crippen LogP contribution in [0.1, 0.15) is 61.8 Å². The second-order valence-corrected chi connectivity index (χ2v) is 11.0. The molecular weight excluding hydrogens is 469 g/mol. The Morgan fingerprint density at radius 1 is 1.28 bits per heavy atom. The highest BCUT2D eigenvalue weighted by Crippen LogP contribution is 2.44. The van der Waals surface area contributed by atoms with E-state index in [1.54, 1.807) is 32.0 Å². The van der Waals surface area contributed by atoms with Gasteiger partial charge in [-0.3, -0.25) is 4.79 Å². The highest BCUT2D eigenvalue weighted by atomic mass is 35.5. The minimum absolute atomic E-state index is 0.176. The minimum atomic E-state index is -0.829. The fourth-order valence-electron chi connectivity index (χ4n) is 3.86. The predicted molar refractivity (Wildman–Crippen MR) is 130 cm³/mol. The molecule has 0 bridgehead atoms. The second-order valence-electron chi connectivity index (χ2n) is 9.06. The molecular formula is C24H29Cl2NO4S. The van der Waals surface area contributed by atoms with E-state index in [0.29, 0.717) is 32.3 Å². The number of fused-ring (bicyclic) bond motifs is 1. The third-order valence-electron chi connectivity index (χ3n) is 5.77. The lowest BCUT2D eigenvalue weighted by Crippen LogP contribution is -2.30. The standard InChI is InChI=1S/C24H29Cl2NO4S/c1-6-30-23(29)20-16-9-7-14(24(3,4)5)11-19(16)32-22(20)27-21(28)13(2)31-18-10-8-15(25)12-17(18)26/h8,10,12-14H,6-7,9,11H2,1-5H3,(H,27,28)/t13-,14-/m0/s1. The lowest BCUT2D eigenvalue weighted by atomic mass is 9.72. The summed E-state index contributed by atoms with van der Waals surface area (Å²) in [6.07, 6.45) is 1.86. The number of esters is 1. The number of nitrogens with one attached hydrogen (secondary N) is 1. The molecule has 2 atom stereocenters. The average molecular weight is 498 g/mol. The Kier molecular flexibility index (Phi) is 7.79. The zero-order valence-electron chi connectivity index (χ0n) is 19.0. The smallest absolute Gasteiger partial charge is 0.341 e. The normalized spacial score (nSPS) is 16.8. The molecule has 1 amide bonds. The molecule has 2 aromatic rings. The maximum atomic E-state index is 12.9. The number of amides is 1. The maximum Gasteiger partial charge on any atom is 0.341 e. The van der Waals surface area contributed by atoms with Crippen LogP contribution >= 0.6 is 34.5 Å². The Morgan fingerprint density at radius 2 is 2.00 bits per heavy atom. The molecule has 0 saturated heterocycles. The molecule has 5 nitrogen and oxygen atoms in total. The van der Waals surface area contributed by atoms with E-state index in [1.807, 2.05) is 0 Å². The van der Waals surface area contributed by atoms with Crippen molar-refractivity contribution in [1.82, 2.24) is 0 Å². The summed E-state index contributed by atoms with van der Waals surface area (Å²) in [5.41, 5.74) is 1.65. The van der Waals surface area contributed by atoms with Gasteiger partial charge in [0.25, 0.3) is 5.91 Å². The molecule has 32 heavy (non-hydrogen) atoms. The number of ether oxygens (including phenoxy) is 2. The maximum absolute atomic E-state index is 12.9. The van der Waals surface area contributed by atoms with Crippen molar-refractivity contribution in [3.05, 3.63) is 44.2 Å². The molecule has 1 aliphatic carbocycles. The molecule has 8 heteroatoms. The van der Waals surface area contributed by atoms with Crippen LogP contribution in [0.3, 0.4) is 0 Å². The molecule has 1 aromatic heterocycles. The van der Waals surface area contributed by atoms with Gasteiger partial charge in [0.2, 0.25) is 0 Å². The van der Waals surface area contributed by atoms with Gasteiger partial charge in [-0.15, -0.1) is 11.3 Å². The first-order valence-electron chi connectivity index (χ1n) is 10.8. The summed E-state index contributed by atoms with van der Waals surface area (Å²) in [7, 11) is 0. The van der Waals surface area contributed by atoms with E-state index in [-0.39, 0.29) is 17.9 Å². The first-order chi connectivity index (χ1) is 15.0. The lowest BCUT2D eigenvalue weighted by Gasteiger charge is -2.33. The third kappa shape index (κ3) is 5.59. The highest BCUT2D eigenvalue weighted by Gasteiger charge is 2.35. The van der Waals surface area contributed by atoms with E-state index in [4.69, 9.17) is 32.7 Å². The van der Waals surface area contributed by atoms with Crippen LogP contribution in [0.15, 0.2) is 18.2 Å². The summed E-state index contributed by atoms with van der Waals surface area (Å²) in [5, 5.41) is 4.22. The van der Waals surface area contributed by atoms with Gasteiger partial charge in [-0.1, -0.05) is 44.0 Å². The summed E-state index contributed by atoms with van der Waals surface area (Å²) in [4.78, 5) is 26.8. The van der Waals surface area contributed by atoms with Gasteiger partial charge in [-0.25, -0.2) is 4.79 Å². The number of benzene rings is 1. The van der Waals surface area contributed by atoms with E-state index in [2.05, 4.69) is 26.1 Å². The fraction of sp³-hybridized carbons (Fsp3) is 0.500.